The first kappa shape index (κ1) is 48.8. The predicted octanol–water partition coefficient (Wildman–Crippen LogP) is 16.8. The van der Waals surface area contributed by atoms with Gasteiger partial charge >= 0.3 is 0 Å². The van der Waals surface area contributed by atoms with Gasteiger partial charge in [-0.25, -0.2) is 4.98 Å². The van der Waals surface area contributed by atoms with Crippen LogP contribution in [0.2, 0.25) is 0 Å². The second kappa shape index (κ2) is 17.9. The summed E-state index contributed by atoms with van der Waals surface area (Å²) in [6.07, 6.45) is 1.97. The van der Waals surface area contributed by atoms with Gasteiger partial charge in [0.2, 0.25) is 0 Å². The summed E-state index contributed by atoms with van der Waals surface area (Å²) >= 11 is 0. The molecular formula is C65H65N4Pt-3. The average molecular weight is 1100 g/mol. The van der Waals surface area contributed by atoms with E-state index in [-0.39, 0.29) is 42.7 Å². The third-order valence-corrected chi connectivity index (χ3v) is 15.0. The van der Waals surface area contributed by atoms with Crippen molar-refractivity contribution in [2.24, 2.45) is 0 Å². The summed E-state index contributed by atoms with van der Waals surface area (Å²) in [6, 6.07) is 68.0. The van der Waals surface area contributed by atoms with Crippen LogP contribution in [-0.2, 0) is 48.1 Å². The van der Waals surface area contributed by atoms with E-state index in [4.69, 9.17) is 4.98 Å². The van der Waals surface area contributed by atoms with Gasteiger partial charge in [0.25, 0.3) is 0 Å². The fourth-order valence-corrected chi connectivity index (χ4v) is 10.1. The molecule has 0 aliphatic carbocycles. The van der Waals surface area contributed by atoms with Crippen molar-refractivity contribution in [1.29, 1.82) is 0 Å². The maximum absolute atomic E-state index is 5.12. The molecule has 358 valence electrons. The van der Waals surface area contributed by atoms with Gasteiger partial charge in [-0.05, 0) is 97.5 Å². The van der Waals surface area contributed by atoms with Crippen LogP contribution >= 0.6 is 0 Å². The maximum atomic E-state index is 5.12. The quantitative estimate of drug-likeness (QED) is 0.135. The molecule has 5 heteroatoms. The SMILES string of the molecule is CC(C)(C)c1cc(N2[CH-]N(c3[c-]c(C(C)(C)c4[c-]c5c(cc4)c4cc(C(C)(C)c6ccccc6)ccc4n5-c4cc(C(C)(C)c5ccccc5)ccn4)ccc3)c3ccccc32)cc(C(C)(C)C)c1.[Pt]. The maximum Gasteiger partial charge on any atom is 0.135 e. The molecule has 2 aromatic heterocycles. The first-order chi connectivity index (χ1) is 32.7. The standard InChI is InChI=1S/C65H65N4.Pt/c1-61(2,3)50-36-51(62(4,5)6)39-53(38-50)68-43-67(57-28-19-20-29-58(57)68)52-27-21-26-46(37-52)65(11,12)48-30-32-54-55-40-47(63(7,8)44-22-15-13-16-23-44)31-33-56(55)69(59(54)41-48)60-42-49(34-35-66-60)64(9,10)45-24-17-14-18-25-45;/h13-36,38-40,42-43H,1-12H3;/q-3;. The summed E-state index contributed by atoms with van der Waals surface area (Å²) in [7, 11) is 0. The Bertz CT molecular complexity index is 3330. The zero-order valence-corrected chi connectivity index (χ0v) is 45.1. The number of fused-ring (bicyclic) bond motifs is 4. The van der Waals surface area contributed by atoms with Crippen LogP contribution in [0.15, 0.2) is 170 Å². The summed E-state index contributed by atoms with van der Waals surface area (Å²) in [4.78, 5) is 9.76. The van der Waals surface area contributed by atoms with Gasteiger partial charge < -0.3 is 14.4 Å². The Labute approximate surface area is 431 Å². The number of nitrogens with zero attached hydrogens (tertiary/aromatic N) is 4. The second-order valence-electron chi connectivity index (χ2n) is 22.8. The van der Waals surface area contributed by atoms with Crippen molar-refractivity contribution < 1.29 is 21.1 Å². The summed E-state index contributed by atoms with van der Waals surface area (Å²) in [6.45, 7) is 29.9. The molecule has 0 unspecified atom stereocenters. The number of hydrogen-bond acceptors (Lipinski definition) is 3. The number of rotatable bonds is 9. The van der Waals surface area contributed by atoms with Gasteiger partial charge in [0.15, 0.2) is 0 Å². The van der Waals surface area contributed by atoms with E-state index < -0.39 is 5.41 Å². The van der Waals surface area contributed by atoms with Gasteiger partial charge in [0.05, 0.1) is 0 Å². The van der Waals surface area contributed by atoms with Crippen LogP contribution in [0, 0.1) is 18.8 Å². The molecular weight excluding hydrogens is 1030 g/mol. The molecule has 3 heterocycles. The van der Waals surface area contributed by atoms with Crippen molar-refractivity contribution in [3.8, 4) is 5.82 Å². The predicted molar refractivity (Wildman–Crippen MR) is 291 cm³/mol. The third kappa shape index (κ3) is 8.61. The van der Waals surface area contributed by atoms with E-state index >= 15 is 0 Å². The van der Waals surface area contributed by atoms with E-state index in [0.717, 1.165) is 56.1 Å². The van der Waals surface area contributed by atoms with E-state index in [1.165, 1.54) is 38.8 Å². The molecule has 0 radical (unpaired) electrons. The van der Waals surface area contributed by atoms with Crippen LogP contribution in [0.4, 0.5) is 22.7 Å². The van der Waals surface area contributed by atoms with Crippen LogP contribution < -0.4 is 9.80 Å². The van der Waals surface area contributed by atoms with Crippen molar-refractivity contribution in [3.63, 3.8) is 0 Å². The van der Waals surface area contributed by atoms with Gasteiger partial charge in [-0.3, -0.25) is 0 Å². The molecule has 0 saturated heterocycles. The molecule has 9 aromatic rings. The molecule has 0 fully saturated rings. The molecule has 0 N–H and O–H groups in total. The van der Waals surface area contributed by atoms with Crippen molar-refractivity contribution >= 4 is 44.6 Å². The molecule has 0 amide bonds. The molecule has 70 heavy (non-hydrogen) atoms. The Hall–Kier alpha value is -6.22. The van der Waals surface area contributed by atoms with Gasteiger partial charge in [-0.1, -0.05) is 180 Å². The van der Waals surface area contributed by atoms with Crippen LogP contribution in [0.5, 0.6) is 0 Å². The van der Waals surface area contributed by atoms with Crippen molar-refractivity contribution in [2.45, 2.75) is 110 Å². The van der Waals surface area contributed by atoms with Crippen LogP contribution in [0.3, 0.4) is 0 Å². The molecule has 0 spiro atoms. The van der Waals surface area contributed by atoms with E-state index in [1.54, 1.807) is 0 Å². The number of pyridine rings is 1. The Balaban J connectivity index is 0.00000608. The number of benzene rings is 7. The van der Waals surface area contributed by atoms with Gasteiger partial charge in [-0.15, -0.1) is 17.7 Å². The minimum atomic E-state index is -0.460. The monoisotopic (exact) mass is 1100 g/mol. The second-order valence-corrected chi connectivity index (χ2v) is 22.8. The summed E-state index contributed by atoms with van der Waals surface area (Å²) in [5.41, 5.74) is 15.5. The summed E-state index contributed by atoms with van der Waals surface area (Å²) in [5.74, 6) is 0.877. The third-order valence-electron chi connectivity index (χ3n) is 15.0. The molecule has 4 nitrogen and oxygen atoms in total. The van der Waals surface area contributed by atoms with Crippen LogP contribution in [0.25, 0.3) is 27.6 Å². The number of anilines is 4. The minimum absolute atomic E-state index is 0. The van der Waals surface area contributed by atoms with Crippen LogP contribution in [0.1, 0.15) is 128 Å². The van der Waals surface area contributed by atoms with Gasteiger partial charge in [0, 0.05) is 60.7 Å². The minimum Gasteiger partial charge on any atom is -0.493 e. The topological polar surface area (TPSA) is 24.3 Å². The van der Waals surface area contributed by atoms with Crippen molar-refractivity contribution in [2.75, 3.05) is 9.80 Å². The molecule has 0 atom stereocenters. The van der Waals surface area contributed by atoms with Gasteiger partial charge in [-0.2, -0.15) is 53.6 Å². The summed E-state index contributed by atoms with van der Waals surface area (Å²) in [5, 5.41) is 2.33. The van der Waals surface area contributed by atoms with Crippen LogP contribution in [-0.4, -0.2) is 9.55 Å². The van der Waals surface area contributed by atoms with Crippen molar-refractivity contribution in [3.05, 3.63) is 233 Å². The molecule has 7 aromatic carbocycles. The number of para-hydroxylation sites is 2. The first-order valence-corrected chi connectivity index (χ1v) is 24.5. The largest absolute Gasteiger partial charge is 0.493 e. The van der Waals surface area contributed by atoms with E-state index in [1.807, 2.05) is 6.20 Å². The Morgan fingerprint density at radius 2 is 0.986 bits per heavy atom. The molecule has 10 rings (SSSR count). The zero-order valence-electron chi connectivity index (χ0n) is 42.8. The van der Waals surface area contributed by atoms with E-state index in [0.29, 0.717) is 0 Å². The first-order valence-electron chi connectivity index (χ1n) is 24.5. The Morgan fingerprint density at radius 3 is 1.59 bits per heavy atom. The molecule has 1 aliphatic heterocycles. The van der Waals surface area contributed by atoms with Gasteiger partial charge in [0.1, 0.15) is 5.82 Å². The molecule has 1 aliphatic rings. The molecule has 0 saturated carbocycles. The average Bonchev–Trinajstić information content (AvgIpc) is 3.90. The Morgan fingerprint density at radius 1 is 0.429 bits per heavy atom. The Kier molecular flexibility index (Phi) is 12.5. The van der Waals surface area contributed by atoms with E-state index in [9.17, 15) is 0 Å². The van der Waals surface area contributed by atoms with E-state index in [2.05, 4.69) is 280 Å². The fourth-order valence-electron chi connectivity index (χ4n) is 10.1. The number of hydrogen-bond donors (Lipinski definition) is 0. The normalized spacial score (nSPS) is 13.5. The van der Waals surface area contributed by atoms with Crippen molar-refractivity contribution in [1.82, 2.24) is 9.55 Å². The fraction of sp³-hybridized carbons (Fsp3) is 0.262. The smallest absolute Gasteiger partial charge is 0.135 e. The number of aromatic nitrogens is 2. The summed E-state index contributed by atoms with van der Waals surface area (Å²) < 4.78 is 2.33. The molecule has 0 bridgehead atoms. The zero-order chi connectivity index (χ0) is 48.7.